The fraction of sp³-hybridized carbons (Fsp3) is 0.727. The highest BCUT2D eigenvalue weighted by molar-refractivity contribution is 9.10. The molecule has 0 amide bonds. The summed E-state index contributed by atoms with van der Waals surface area (Å²) in [5, 5.41) is 7.84. The molecule has 1 saturated heterocycles. The van der Waals surface area contributed by atoms with Gasteiger partial charge in [-0.05, 0) is 29.8 Å². The van der Waals surface area contributed by atoms with Gasteiger partial charge in [0.2, 0.25) is 0 Å². The predicted octanol–water partition coefficient (Wildman–Crippen LogP) is 1.28. The van der Waals surface area contributed by atoms with Crippen LogP contribution in [0.1, 0.15) is 18.3 Å². The highest BCUT2D eigenvalue weighted by Gasteiger charge is 2.21. The zero-order valence-electron chi connectivity index (χ0n) is 10.1. The minimum Gasteiger partial charge on any atom is -0.314 e. The summed E-state index contributed by atoms with van der Waals surface area (Å²) in [6.07, 6.45) is 0. The second-order valence-electron chi connectivity index (χ2n) is 4.49. The molecular formula is C11H19BrN4. The average molecular weight is 287 g/mol. The van der Waals surface area contributed by atoms with E-state index in [-0.39, 0.29) is 0 Å². The van der Waals surface area contributed by atoms with Crippen molar-refractivity contribution in [2.75, 3.05) is 19.6 Å². The molecule has 0 radical (unpaired) electrons. The Kier molecular flexibility index (Phi) is 3.66. The Morgan fingerprint density at radius 2 is 2.31 bits per heavy atom. The topological polar surface area (TPSA) is 33.1 Å². The molecule has 0 aromatic carbocycles. The zero-order valence-corrected chi connectivity index (χ0v) is 11.7. The lowest BCUT2D eigenvalue weighted by atomic mass is 10.2. The Morgan fingerprint density at radius 1 is 1.56 bits per heavy atom. The van der Waals surface area contributed by atoms with Gasteiger partial charge in [-0.3, -0.25) is 9.58 Å². The molecule has 0 unspecified atom stereocenters. The van der Waals surface area contributed by atoms with Gasteiger partial charge in [0.25, 0.3) is 0 Å². The van der Waals surface area contributed by atoms with E-state index < -0.39 is 0 Å². The molecule has 2 heterocycles. The van der Waals surface area contributed by atoms with Crippen LogP contribution in [-0.2, 0) is 13.6 Å². The number of hydrogen-bond acceptors (Lipinski definition) is 3. The lowest BCUT2D eigenvalue weighted by molar-refractivity contribution is 0.161. The normalized spacial score (nSPS) is 22.6. The largest absolute Gasteiger partial charge is 0.314 e. The molecule has 4 nitrogen and oxygen atoms in total. The molecule has 1 aliphatic rings. The Morgan fingerprint density at radius 3 is 2.88 bits per heavy atom. The highest BCUT2D eigenvalue weighted by Crippen LogP contribution is 2.22. The quantitative estimate of drug-likeness (QED) is 0.889. The third kappa shape index (κ3) is 2.31. The minimum absolute atomic E-state index is 0.593. The van der Waals surface area contributed by atoms with E-state index in [1.54, 1.807) is 0 Å². The molecule has 2 rings (SSSR count). The maximum Gasteiger partial charge on any atom is 0.0739 e. The first-order chi connectivity index (χ1) is 7.59. The van der Waals surface area contributed by atoms with Crippen LogP contribution in [0.5, 0.6) is 0 Å². The first-order valence-corrected chi connectivity index (χ1v) is 6.51. The summed E-state index contributed by atoms with van der Waals surface area (Å²) in [6, 6.07) is 0.593. The van der Waals surface area contributed by atoms with Crippen molar-refractivity contribution in [1.82, 2.24) is 20.0 Å². The highest BCUT2D eigenvalue weighted by atomic mass is 79.9. The first-order valence-electron chi connectivity index (χ1n) is 5.72. The fourth-order valence-corrected chi connectivity index (χ4v) is 2.62. The maximum absolute atomic E-state index is 4.43. The van der Waals surface area contributed by atoms with Gasteiger partial charge in [-0.15, -0.1) is 0 Å². The lowest BCUT2D eigenvalue weighted by Crippen LogP contribution is -2.49. The van der Waals surface area contributed by atoms with Gasteiger partial charge >= 0.3 is 0 Å². The number of piperazine rings is 1. The minimum atomic E-state index is 0.593. The number of nitrogens with zero attached hydrogens (tertiary/aromatic N) is 3. The molecule has 1 aromatic rings. The Bertz CT molecular complexity index is 374. The molecule has 5 heteroatoms. The fourth-order valence-electron chi connectivity index (χ4n) is 2.16. The van der Waals surface area contributed by atoms with Crippen LogP contribution in [0.3, 0.4) is 0 Å². The maximum atomic E-state index is 4.43. The molecule has 1 aromatic heterocycles. The summed E-state index contributed by atoms with van der Waals surface area (Å²) in [6.45, 7) is 8.55. The van der Waals surface area contributed by atoms with E-state index in [4.69, 9.17) is 0 Å². The van der Waals surface area contributed by atoms with Gasteiger partial charge in [0, 0.05) is 39.3 Å². The SMILES string of the molecule is Cc1nn(C)c(CN2CCNC[C@@H]2C)c1Br. The van der Waals surface area contributed by atoms with Gasteiger partial charge < -0.3 is 5.32 Å². The monoisotopic (exact) mass is 286 g/mol. The number of nitrogens with one attached hydrogen (secondary N) is 1. The van der Waals surface area contributed by atoms with E-state index in [9.17, 15) is 0 Å². The standard InChI is InChI=1S/C11H19BrN4/c1-8-6-13-4-5-16(8)7-10-11(12)9(2)14-15(10)3/h8,13H,4-7H2,1-3H3/t8-/m0/s1. The summed E-state index contributed by atoms with van der Waals surface area (Å²) >= 11 is 3.62. The van der Waals surface area contributed by atoms with E-state index in [1.807, 2.05) is 18.7 Å². The van der Waals surface area contributed by atoms with Gasteiger partial charge in [0.1, 0.15) is 0 Å². The number of rotatable bonds is 2. The van der Waals surface area contributed by atoms with Crippen LogP contribution in [0.4, 0.5) is 0 Å². The number of halogens is 1. The Hall–Kier alpha value is -0.390. The van der Waals surface area contributed by atoms with Crippen molar-refractivity contribution in [1.29, 1.82) is 0 Å². The molecule has 0 saturated carbocycles. The van der Waals surface area contributed by atoms with Crippen molar-refractivity contribution in [2.24, 2.45) is 7.05 Å². The molecule has 0 spiro atoms. The summed E-state index contributed by atoms with van der Waals surface area (Å²) in [7, 11) is 2.01. The van der Waals surface area contributed by atoms with Gasteiger partial charge in [-0.2, -0.15) is 5.10 Å². The third-order valence-electron chi connectivity index (χ3n) is 3.25. The lowest BCUT2D eigenvalue weighted by Gasteiger charge is -2.33. The molecule has 1 fully saturated rings. The van der Waals surface area contributed by atoms with Gasteiger partial charge in [0.05, 0.1) is 15.9 Å². The zero-order chi connectivity index (χ0) is 11.7. The van der Waals surface area contributed by atoms with E-state index in [0.29, 0.717) is 6.04 Å². The predicted molar refractivity (Wildman–Crippen MR) is 68.4 cm³/mol. The third-order valence-corrected chi connectivity index (χ3v) is 4.28. The van der Waals surface area contributed by atoms with E-state index in [0.717, 1.165) is 36.3 Å². The van der Waals surface area contributed by atoms with Crippen LogP contribution in [0.15, 0.2) is 4.47 Å². The van der Waals surface area contributed by atoms with E-state index in [1.165, 1.54) is 5.69 Å². The van der Waals surface area contributed by atoms with Gasteiger partial charge in [0.15, 0.2) is 0 Å². The first kappa shape index (κ1) is 12.1. The summed E-state index contributed by atoms with van der Waals surface area (Å²) < 4.78 is 3.13. The van der Waals surface area contributed by atoms with Crippen molar-refractivity contribution in [3.63, 3.8) is 0 Å². The van der Waals surface area contributed by atoms with E-state index >= 15 is 0 Å². The van der Waals surface area contributed by atoms with Crippen LogP contribution in [-0.4, -0.2) is 40.4 Å². The van der Waals surface area contributed by atoms with Crippen LogP contribution >= 0.6 is 15.9 Å². The molecular weight excluding hydrogens is 268 g/mol. The average Bonchev–Trinajstić information content (AvgIpc) is 2.48. The summed E-state index contributed by atoms with van der Waals surface area (Å²) in [5.74, 6) is 0. The van der Waals surface area contributed by atoms with Crippen molar-refractivity contribution < 1.29 is 0 Å². The number of aromatic nitrogens is 2. The summed E-state index contributed by atoms with van der Waals surface area (Å²) in [4.78, 5) is 2.50. The smallest absolute Gasteiger partial charge is 0.0739 e. The van der Waals surface area contributed by atoms with Crippen LogP contribution in [0, 0.1) is 6.92 Å². The van der Waals surface area contributed by atoms with Crippen LogP contribution in [0.2, 0.25) is 0 Å². The van der Waals surface area contributed by atoms with Crippen molar-refractivity contribution in [3.05, 3.63) is 15.9 Å². The second kappa shape index (κ2) is 4.85. The molecule has 90 valence electrons. The van der Waals surface area contributed by atoms with Crippen molar-refractivity contribution >= 4 is 15.9 Å². The van der Waals surface area contributed by atoms with Crippen LogP contribution in [0.25, 0.3) is 0 Å². The second-order valence-corrected chi connectivity index (χ2v) is 5.29. The molecule has 1 atom stereocenters. The number of hydrogen-bond donors (Lipinski definition) is 1. The van der Waals surface area contributed by atoms with E-state index in [2.05, 4.69) is 38.2 Å². The Balaban J connectivity index is 2.13. The molecule has 1 N–H and O–H groups in total. The van der Waals surface area contributed by atoms with Crippen molar-refractivity contribution in [2.45, 2.75) is 26.4 Å². The molecule has 0 bridgehead atoms. The molecule has 16 heavy (non-hydrogen) atoms. The van der Waals surface area contributed by atoms with Crippen LogP contribution < -0.4 is 5.32 Å². The van der Waals surface area contributed by atoms with Crippen molar-refractivity contribution in [3.8, 4) is 0 Å². The summed E-state index contributed by atoms with van der Waals surface area (Å²) in [5.41, 5.74) is 2.34. The Labute approximate surface area is 105 Å². The molecule has 0 aliphatic carbocycles. The van der Waals surface area contributed by atoms with Gasteiger partial charge in [-0.1, -0.05) is 0 Å². The number of aryl methyl sites for hydroxylation is 2. The molecule has 1 aliphatic heterocycles. The van der Waals surface area contributed by atoms with Gasteiger partial charge in [-0.25, -0.2) is 0 Å².